The molecule has 1 amide bonds. The van der Waals surface area contributed by atoms with Crippen molar-refractivity contribution in [2.24, 2.45) is 11.1 Å². The van der Waals surface area contributed by atoms with Crippen molar-refractivity contribution in [3.05, 3.63) is 12.7 Å². The second-order valence-corrected chi connectivity index (χ2v) is 4.80. The molecule has 0 aromatic carbocycles. The van der Waals surface area contributed by atoms with E-state index in [1.807, 2.05) is 4.90 Å². The summed E-state index contributed by atoms with van der Waals surface area (Å²) in [6, 6.07) is -0.401. The molecule has 2 N–H and O–H groups in total. The molecule has 1 unspecified atom stereocenters. The lowest BCUT2D eigenvalue weighted by molar-refractivity contribution is -0.131. The molecule has 1 aliphatic heterocycles. The molecule has 0 aromatic heterocycles. The third kappa shape index (κ3) is 2.58. The molecule has 14 heavy (non-hydrogen) atoms. The molecule has 3 heteroatoms. The van der Waals surface area contributed by atoms with E-state index in [2.05, 4.69) is 20.4 Å². The van der Waals surface area contributed by atoms with E-state index in [0.29, 0.717) is 6.42 Å². The van der Waals surface area contributed by atoms with E-state index in [4.69, 9.17) is 5.73 Å². The largest absolute Gasteiger partial charge is 0.341 e. The fourth-order valence-electron chi connectivity index (χ4n) is 1.82. The molecular weight excluding hydrogens is 176 g/mol. The number of amides is 1. The first-order chi connectivity index (χ1) is 6.46. The van der Waals surface area contributed by atoms with E-state index in [1.54, 1.807) is 6.08 Å². The standard InChI is InChI=1S/C11H20N2O/c1-4-5-9(12)10(14)13-7-6-11(2,3)8-13/h4,9H,1,5-8,12H2,2-3H3. The molecule has 1 saturated heterocycles. The van der Waals surface area contributed by atoms with Crippen LogP contribution in [0.4, 0.5) is 0 Å². The predicted molar refractivity (Wildman–Crippen MR) is 57.8 cm³/mol. The summed E-state index contributed by atoms with van der Waals surface area (Å²) in [6.45, 7) is 9.62. The monoisotopic (exact) mass is 196 g/mol. The average Bonchev–Trinajstić information content (AvgIpc) is 2.45. The molecule has 0 radical (unpaired) electrons. The summed E-state index contributed by atoms with van der Waals surface area (Å²) in [5.74, 6) is 0.0653. The van der Waals surface area contributed by atoms with Gasteiger partial charge >= 0.3 is 0 Å². The first-order valence-electron chi connectivity index (χ1n) is 5.11. The number of rotatable bonds is 3. The number of nitrogens with two attached hydrogens (primary N) is 1. The zero-order valence-electron chi connectivity index (χ0n) is 9.12. The summed E-state index contributed by atoms with van der Waals surface area (Å²) in [4.78, 5) is 13.6. The lowest BCUT2D eigenvalue weighted by Gasteiger charge is -2.22. The minimum atomic E-state index is -0.401. The van der Waals surface area contributed by atoms with Gasteiger partial charge in [0.15, 0.2) is 0 Å². The molecule has 1 atom stereocenters. The molecule has 3 nitrogen and oxygen atoms in total. The van der Waals surface area contributed by atoms with Gasteiger partial charge in [-0.05, 0) is 18.3 Å². The summed E-state index contributed by atoms with van der Waals surface area (Å²) in [5, 5.41) is 0. The highest BCUT2D eigenvalue weighted by Crippen LogP contribution is 2.28. The van der Waals surface area contributed by atoms with Gasteiger partial charge in [-0.25, -0.2) is 0 Å². The Hall–Kier alpha value is -0.830. The van der Waals surface area contributed by atoms with Gasteiger partial charge in [-0.2, -0.15) is 0 Å². The van der Waals surface area contributed by atoms with Crippen LogP contribution >= 0.6 is 0 Å². The Morgan fingerprint density at radius 2 is 2.36 bits per heavy atom. The molecule has 1 heterocycles. The SMILES string of the molecule is C=CCC(N)C(=O)N1CCC(C)(C)C1. The van der Waals surface area contributed by atoms with Gasteiger partial charge in [-0.1, -0.05) is 19.9 Å². The number of carbonyl (C=O) groups excluding carboxylic acids is 1. The van der Waals surface area contributed by atoms with Gasteiger partial charge in [0, 0.05) is 13.1 Å². The van der Waals surface area contributed by atoms with Crippen molar-refractivity contribution in [3.8, 4) is 0 Å². The van der Waals surface area contributed by atoms with Gasteiger partial charge in [-0.3, -0.25) is 4.79 Å². The summed E-state index contributed by atoms with van der Waals surface area (Å²) >= 11 is 0. The van der Waals surface area contributed by atoms with Gasteiger partial charge in [0.1, 0.15) is 0 Å². The van der Waals surface area contributed by atoms with Gasteiger partial charge < -0.3 is 10.6 Å². The Bertz CT molecular complexity index is 235. The van der Waals surface area contributed by atoms with E-state index >= 15 is 0 Å². The van der Waals surface area contributed by atoms with Crippen molar-refractivity contribution >= 4 is 5.91 Å². The number of carbonyl (C=O) groups is 1. The van der Waals surface area contributed by atoms with Crippen LogP contribution in [0.5, 0.6) is 0 Å². The van der Waals surface area contributed by atoms with E-state index in [-0.39, 0.29) is 11.3 Å². The van der Waals surface area contributed by atoms with Crippen LogP contribution in [0.1, 0.15) is 26.7 Å². The van der Waals surface area contributed by atoms with Crippen LogP contribution in [-0.2, 0) is 4.79 Å². The van der Waals surface area contributed by atoms with Gasteiger partial charge in [0.25, 0.3) is 0 Å². The average molecular weight is 196 g/mol. The Morgan fingerprint density at radius 3 is 2.79 bits per heavy atom. The third-order valence-electron chi connectivity index (χ3n) is 2.73. The maximum atomic E-state index is 11.8. The molecule has 0 saturated carbocycles. The third-order valence-corrected chi connectivity index (χ3v) is 2.73. The lowest BCUT2D eigenvalue weighted by atomic mass is 9.93. The van der Waals surface area contributed by atoms with Crippen molar-refractivity contribution in [1.82, 2.24) is 4.90 Å². The minimum absolute atomic E-state index is 0.0653. The first kappa shape index (κ1) is 11.2. The van der Waals surface area contributed by atoms with Gasteiger partial charge in [0.05, 0.1) is 6.04 Å². The van der Waals surface area contributed by atoms with Crippen LogP contribution in [0.15, 0.2) is 12.7 Å². The molecule has 1 rings (SSSR count). The number of hydrogen-bond acceptors (Lipinski definition) is 2. The lowest BCUT2D eigenvalue weighted by Crippen LogP contribution is -2.42. The molecule has 0 aromatic rings. The Balaban J connectivity index is 2.51. The fourth-order valence-corrected chi connectivity index (χ4v) is 1.82. The highest BCUT2D eigenvalue weighted by molar-refractivity contribution is 5.82. The van der Waals surface area contributed by atoms with Crippen LogP contribution in [0.3, 0.4) is 0 Å². The van der Waals surface area contributed by atoms with E-state index in [1.165, 1.54) is 0 Å². The van der Waals surface area contributed by atoms with Crippen LogP contribution in [0, 0.1) is 5.41 Å². The maximum absolute atomic E-state index is 11.8. The molecule has 80 valence electrons. The van der Waals surface area contributed by atoms with E-state index in [9.17, 15) is 4.79 Å². The predicted octanol–water partition coefficient (Wildman–Crippen LogP) is 1.15. The molecular formula is C11H20N2O. The van der Waals surface area contributed by atoms with Gasteiger partial charge in [0.2, 0.25) is 5.91 Å². The Morgan fingerprint density at radius 1 is 1.71 bits per heavy atom. The molecule has 0 bridgehead atoms. The van der Waals surface area contributed by atoms with Crippen LogP contribution in [-0.4, -0.2) is 29.9 Å². The van der Waals surface area contributed by atoms with Crippen molar-refractivity contribution in [3.63, 3.8) is 0 Å². The molecule has 1 aliphatic rings. The quantitative estimate of drug-likeness (QED) is 0.688. The normalized spacial score (nSPS) is 22.1. The van der Waals surface area contributed by atoms with Crippen molar-refractivity contribution in [2.75, 3.05) is 13.1 Å². The Kier molecular flexibility index (Phi) is 3.32. The van der Waals surface area contributed by atoms with Crippen LogP contribution < -0.4 is 5.73 Å². The number of likely N-dealkylation sites (tertiary alicyclic amines) is 1. The highest BCUT2D eigenvalue weighted by Gasteiger charge is 2.33. The zero-order valence-corrected chi connectivity index (χ0v) is 9.12. The molecule has 1 fully saturated rings. The molecule has 0 aliphatic carbocycles. The smallest absolute Gasteiger partial charge is 0.239 e. The topological polar surface area (TPSA) is 46.3 Å². The highest BCUT2D eigenvalue weighted by atomic mass is 16.2. The second kappa shape index (κ2) is 4.13. The second-order valence-electron chi connectivity index (χ2n) is 4.80. The summed E-state index contributed by atoms with van der Waals surface area (Å²) < 4.78 is 0. The number of nitrogens with zero attached hydrogens (tertiary/aromatic N) is 1. The summed E-state index contributed by atoms with van der Waals surface area (Å²) in [7, 11) is 0. The number of hydrogen-bond donors (Lipinski definition) is 1. The van der Waals surface area contributed by atoms with Gasteiger partial charge in [-0.15, -0.1) is 6.58 Å². The zero-order chi connectivity index (χ0) is 10.8. The first-order valence-corrected chi connectivity index (χ1v) is 5.11. The van der Waals surface area contributed by atoms with Crippen LogP contribution in [0.2, 0.25) is 0 Å². The Labute approximate surface area is 86.0 Å². The van der Waals surface area contributed by atoms with Crippen molar-refractivity contribution in [1.29, 1.82) is 0 Å². The van der Waals surface area contributed by atoms with Crippen molar-refractivity contribution < 1.29 is 4.79 Å². The maximum Gasteiger partial charge on any atom is 0.239 e. The van der Waals surface area contributed by atoms with E-state index in [0.717, 1.165) is 19.5 Å². The minimum Gasteiger partial charge on any atom is -0.341 e. The van der Waals surface area contributed by atoms with Crippen LogP contribution in [0.25, 0.3) is 0 Å². The fraction of sp³-hybridized carbons (Fsp3) is 0.727. The molecule has 0 spiro atoms. The summed E-state index contributed by atoms with van der Waals surface area (Å²) in [6.07, 6.45) is 3.33. The summed E-state index contributed by atoms with van der Waals surface area (Å²) in [5.41, 5.74) is 5.99. The van der Waals surface area contributed by atoms with Crippen molar-refractivity contribution in [2.45, 2.75) is 32.7 Å². The van der Waals surface area contributed by atoms with E-state index < -0.39 is 6.04 Å².